The van der Waals surface area contributed by atoms with Crippen molar-refractivity contribution in [2.24, 2.45) is 0 Å². The zero-order valence-electron chi connectivity index (χ0n) is 8.78. The molecule has 0 bridgehead atoms. The lowest BCUT2D eigenvalue weighted by Crippen LogP contribution is -2.09. The highest BCUT2D eigenvalue weighted by Crippen LogP contribution is 2.36. The molecule has 8 nitrogen and oxygen atoms in total. The van der Waals surface area contributed by atoms with Gasteiger partial charge in [-0.2, -0.15) is 8.42 Å². The minimum Gasteiger partial charge on any atom is -0.478 e. The van der Waals surface area contributed by atoms with Crippen LogP contribution in [0.5, 0.6) is 5.75 Å². The summed E-state index contributed by atoms with van der Waals surface area (Å²) in [5.41, 5.74) is -1.29. The summed E-state index contributed by atoms with van der Waals surface area (Å²) >= 11 is 5.57. The molecule has 0 aromatic heterocycles. The largest absolute Gasteiger partial charge is 0.478 e. The summed E-state index contributed by atoms with van der Waals surface area (Å²) in [5, 5.41) is 18.9. The zero-order valence-corrected chi connectivity index (χ0v) is 10.4. The van der Waals surface area contributed by atoms with E-state index in [-0.39, 0.29) is 0 Å². The molecule has 0 unspecified atom stereocenters. The molecular weight excluding hydrogens is 290 g/mol. The molecule has 0 heterocycles. The van der Waals surface area contributed by atoms with E-state index in [4.69, 9.17) is 16.7 Å². The molecule has 1 N–H and O–H groups in total. The van der Waals surface area contributed by atoms with Crippen LogP contribution in [0.25, 0.3) is 0 Å². The monoisotopic (exact) mass is 295 g/mol. The van der Waals surface area contributed by atoms with Gasteiger partial charge in [-0.1, -0.05) is 11.6 Å². The molecule has 1 aromatic rings. The first kappa shape index (κ1) is 14.2. The number of carboxylic acids is 1. The molecule has 0 spiro atoms. The molecule has 0 aliphatic rings. The SMILES string of the molecule is CS(=O)(=O)Oc1c(Cl)cc(C(=O)O)cc1[N+](=O)[O-]. The van der Waals surface area contributed by atoms with Crippen molar-refractivity contribution in [3.05, 3.63) is 32.8 Å². The van der Waals surface area contributed by atoms with Gasteiger partial charge >= 0.3 is 21.8 Å². The van der Waals surface area contributed by atoms with Gasteiger partial charge < -0.3 is 9.29 Å². The van der Waals surface area contributed by atoms with E-state index in [1.165, 1.54) is 0 Å². The maximum Gasteiger partial charge on any atom is 0.335 e. The molecule has 0 radical (unpaired) electrons. The van der Waals surface area contributed by atoms with Crippen LogP contribution < -0.4 is 4.18 Å². The smallest absolute Gasteiger partial charge is 0.335 e. The molecule has 0 aliphatic heterocycles. The van der Waals surface area contributed by atoms with Crippen LogP contribution in [0.4, 0.5) is 5.69 Å². The number of nitro benzene ring substituents is 1. The van der Waals surface area contributed by atoms with E-state index in [1.807, 2.05) is 0 Å². The van der Waals surface area contributed by atoms with Crippen LogP contribution in [-0.2, 0) is 10.1 Å². The van der Waals surface area contributed by atoms with Crippen LogP contribution in [0.3, 0.4) is 0 Å². The van der Waals surface area contributed by atoms with Crippen LogP contribution in [-0.4, -0.2) is 30.7 Å². The number of benzene rings is 1. The zero-order chi connectivity index (χ0) is 14.1. The number of hydrogen-bond acceptors (Lipinski definition) is 6. The highest BCUT2D eigenvalue weighted by Gasteiger charge is 2.25. The average molecular weight is 296 g/mol. The molecule has 1 aromatic carbocycles. The molecule has 1 rings (SSSR count). The Morgan fingerprint density at radius 2 is 2.06 bits per heavy atom. The molecule has 0 fully saturated rings. The van der Waals surface area contributed by atoms with Crippen LogP contribution in [0.2, 0.25) is 5.02 Å². The summed E-state index contributed by atoms with van der Waals surface area (Å²) in [6.45, 7) is 0. The maximum absolute atomic E-state index is 10.9. The minimum atomic E-state index is -4.03. The van der Waals surface area contributed by atoms with Crippen molar-refractivity contribution in [3.8, 4) is 5.75 Å². The predicted octanol–water partition coefficient (Wildman–Crippen LogP) is 1.28. The molecule has 0 aliphatic carbocycles. The number of rotatable bonds is 4. The second-order valence-electron chi connectivity index (χ2n) is 3.16. The first-order valence-electron chi connectivity index (χ1n) is 4.22. The summed E-state index contributed by atoms with van der Waals surface area (Å²) < 4.78 is 26.2. The minimum absolute atomic E-state index is 0.451. The fourth-order valence-corrected chi connectivity index (χ4v) is 1.85. The van der Waals surface area contributed by atoms with E-state index in [0.717, 1.165) is 6.07 Å². The van der Waals surface area contributed by atoms with Gasteiger partial charge in [0.2, 0.25) is 5.75 Å². The van der Waals surface area contributed by atoms with Gasteiger partial charge in [-0.15, -0.1) is 0 Å². The van der Waals surface area contributed by atoms with E-state index in [0.29, 0.717) is 12.3 Å². The normalized spacial score (nSPS) is 11.0. The lowest BCUT2D eigenvalue weighted by Gasteiger charge is -2.06. The van der Waals surface area contributed by atoms with Crippen molar-refractivity contribution >= 4 is 33.4 Å². The van der Waals surface area contributed by atoms with E-state index < -0.39 is 43.0 Å². The lowest BCUT2D eigenvalue weighted by atomic mass is 10.2. The Kier molecular flexibility index (Phi) is 3.77. The van der Waals surface area contributed by atoms with E-state index in [9.17, 15) is 23.3 Å². The number of aromatic carboxylic acids is 1. The molecular formula is C8H6ClNO7S. The second-order valence-corrected chi connectivity index (χ2v) is 5.14. The fraction of sp³-hybridized carbons (Fsp3) is 0.125. The van der Waals surface area contributed by atoms with Gasteiger partial charge in [0.25, 0.3) is 0 Å². The molecule has 18 heavy (non-hydrogen) atoms. The van der Waals surface area contributed by atoms with Gasteiger partial charge in [-0.3, -0.25) is 10.1 Å². The number of hydrogen-bond donors (Lipinski definition) is 1. The summed E-state index contributed by atoms with van der Waals surface area (Å²) in [7, 11) is -4.03. The Labute approximate surface area is 106 Å². The highest BCUT2D eigenvalue weighted by atomic mass is 35.5. The van der Waals surface area contributed by atoms with Gasteiger partial charge in [0.1, 0.15) is 0 Å². The number of carboxylic acid groups (broad SMARTS) is 1. The lowest BCUT2D eigenvalue weighted by molar-refractivity contribution is -0.385. The van der Waals surface area contributed by atoms with Gasteiger partial charge in [0.05, 0.1) is 21.8 Å². The predicted molar refractivity (Wildman–Crippen MR) is 60.5 cm³/mol. The van der Waals surface area contributed by atoms with Crippen molar-refractivity contribution in [1.29, 1.82) is 0 Å². The van der Waals surface area contributed by atoms with Crippen molar-refractivity contribution in [1.82, 2.24) is 0 Å². The summed E-state index contributed by atoms with van der Waals surface area (Å²) in [6, 6.07) is 1.52. The molecule has 0 saturated heterocycles. The number of carbonyl (C=O) groups is 1. The maximum atomic E-state index is 10.9. The van der Waals surface area contributed by atoms with Crippen molar-refractivity contribution in [2.45, 2.75) is 0 Å². The summed E-state index contributed by atoms with van der Waals surface area (Å²) in [5.74, 6) is -2.15. The molecule has 10 heteroatoms. The molecule has 98 valence electrons. The Bertz CT molecular complexity index is 625. The van der Waals surface area contributed by atoms with Gasteiger partial charge in [0.15, 0.2) is 0 Å². The van der Waals surface area contributed by atoms with Crippen LogP contribution in [0.1, 0.15) is 10.4 Å². The van der Waals surface area contributed by atoms with Crippen molar-refractivity contribution in [3.63, 3.8) is 0 Å². The van der Waals surface area contributed by atoms with E-state index in [1.54, 1.807) is 0 Å². The van der Waals surface area contributed by atoms with Crippen LogP contribution >= 0.6 is 11.6 Å². The van der Waals surface area contributed by atoms with Crippen molar-refractivity contribution in [2.75, 3.05) is 6.26 Å². The third kappa shape index (κ3) is 3.31. The Hall–Kier alpha value is -1.87. The Balaban J connectivity index is 3.51. The Morgan fingerprint density at radius 3 is 2.44 bits per heavy atom. The van der Waals surface area contributed by atoms with E-state index in [2.05, 4.69) is 4.18 Å². The second kappa shape index (κ2) is 4.78. The summed E-state index contributed by atoms with van der Waals surface area (Å²) in [6.07, 6.45) is 0.679. The fourth-order valence-electron chi connectivity index (χ4n) is 1.07. The molecule has 0 amide bonds. The van der Waals surface area contributed by atoms with Crippen molar-refractivity contribution < 1.29 is 27.4 Å². The van der Waals surface area contributed by atoms with Gasteiger partial charge in [0, 0.05) is 6.07 Å². The van der Waals surface area contributed by atoms with E-state index >= 15 is 0 Å². The third-order valence-electron chi connectivity index (χ3n) is 1.70. The quantitative estimate of drug-likeness (QED) is 0.504. The first-order valence-corrected chi connectivity index (χ1v) is 6.42. The molecule has 0 saturated carbocycles. The summed E-state index contributed by atoms with van der Waals surface area (Å²) in [4.78, 5) is 20.4. The number of nitrogens with zero attached hydrogens (tertiary/aromatic N) is 1. The number of nitro groups is 1. The molecule has 0 atom stereocenters. The van der Waals surface area contributed by atoms with Gasteiger partial charge in [-0.25, -0.2) is 4.79 Å². The average Bonchev–Trinajstić information content (AvgIpc) is 2.18. The van der Waals surface area contributed by atoms with Gasteiger partial charge in [-0.05, 0) is 6.07 Å². The third-order valence-corrected chi connectivity index (χ3v) is 2.45. The number of halogens is 1. The highest BCUT2D eigenvalue weighted by molar-refractivity contribution is 7.86. The Morgan fingerprint density at radius 1 is 1.50 bits per heavy atom. The van der Waals surface area contributed by atoms with Crippen LogP contribution in [0.15, 0.2) is 12.1 Å². The first-order chi connectivity index (χ1) is 8.11. The van der Waals surface area contributed by atoms with Crippen LogP contribution in [0, 0.1) is 10.1 Å². The standard InChI is InChI=1S/C8H6ClNO7S/c1-18(15,16)17-7-5(9)2-4(8(11)12)3-6(7)10(13)14/h2-3H,1H3,(H,11,12). The topological polar surface area (TPSA) is 124 Å².